The highest BCUT2D eigenvalue weighted by atomic mass is 35.5. The molecule has 0 bridgehead atoms. The fourth-order valence-electron chi connectivity index (χ4n) is 3.81. The van der Waals surface area contributed by atoms with Crippen LogP contribution in [0.5, 0.6) is 5.75 Å². The molecule has 1 heterocycles. The van der Waals surface area contributed by atoms with Crippen LogP contribution in [0.25, 0.3) is 11.0 Å². The van der Waals surface area contributed by atoms with Crippen molar-refractivity contribution in [3.05, 3.63) is 94.3 Å². The molecule has 4 aromatic rings. The number of aromatic nitrogens is 2. The van der Waals surface area contributed by atoms with E-state index in [0.29, 0.717) is 0 Å². The van der Waals surface area contributed by atoms with Crippen molar-refractivity contribution in [3.63, 3.8) is 0 Å². The molecular formula is C26H27ClN2O. The minimum absolute atomic E-state index is 0.725. The van der Waals surface area contributed by atoms with Gasteiger partial charge in [0.1, 0.15) is 11.6 Å². The molecule has 0 radical (unpaired) electrons. The summed E-state index contributed by atoms with van der Waals surface area (Å²) >= 11 is 6.04. The quantitative estimate of drug-likeness (QED) is 0.296. The summed E-state index contributed by atoms with van der Waals surface area (Å²) in [7, 11) is 0. The average molecular weight is 419 g/mol. The van der Waals surface area contributed by atoms with Crippen molar-refractivity contribution in [3.8, 4) is 5.75 Å². The smallest absolute Gasteiger partial charge is 0.122 e. The summed E-state index contributed by atoms with van der Waals surface area (Å²) in [6.07, 6.45) is 2.84. The summed E-state index contributed by atoms with van der Waals surface area (Å²) in [4.78, 5) is 4.90. The van der Waals surface area contributed by atoms with Gasteiger partial charge < -0.3 is 9.30 Å². The van der Waals surface area contributed by atoms with E-state index in [1.807, 2.05) is 18.2 Å². The number of benzene rings is 3. The summed E-state index contributed by atoms with van der Waals surface area (Å²) in [5.74, 6) is 2.07. The second kappa shape index (κ2) is 9.36. The maximum atomic E-state index is 6.04. The van der Waals surface area contributed by atoms with E-state index >= 15 is 0 Å². The van der Waals surface area contributed by atoms with E-state index in [9.17, 15) is 0 Å². The Morgan fingerprint density at radius 3 is 2.53 bits per heavy atom. The monoisotopic (exact) mass is 418 g/mol. The van der Waals surface area contributed by atoms with Crippen molar-refractivity contribution in [1.82, 2.24) is 9.55 Å². The molecule has 0 saturated carbocycles. The lowest BCUT2D eigenvalue weighted by atomic mass is 10.1. The number of para-hydroxylation sites is 2. The van der Waals surface area contributed by atoms with Crippen LogP contribution in [0.1, 0.15) is 35.4 Å². The Morgan fingerprint density at radius 1 is 0.933 bits per heavy atom. The number of nitrogens with zero attached hydrogens (tertiary/aromatic N) is 2. The Bertz CT molecular complexity index is 1130. The Hall–Kier alpha value is -2.78. The fourth-order valence-corrected chi connectivity index (χ4v) is 3.94. The Balaban J connectivity index is 1.41. The van der Waals surface area contributed by atoms with E-state index in [1.165, 1.54) is 22.2 Å². The Kier molecular flexibility index (Phi) is 6.39. The number of halogens is 1. The second-order valence-corrected chi connectivity index (χ2v) is 8.23. The van der Waals surface area contributed by atoms with Gasteiger partial charge in [-0.2, -0.15) is 0 Å². The van der Waals surface area contributed by atoms with Gasteiger partial charge in [0.25, 0.3) is 0 Å². The first-order chi connectivity index (χ1) is 14.6. The zero-order chi connectivity index (χ0) is 20.9. The number of rotatable bonds is 8. The van der Waals surface area contributed by atoms with E-state index in [1.54, 1.807) is 0 Å². The van der Waals surface area contributed by atoms with Gasteiger partial charge in [-0.3, -0.25) is 0 Å². The van der Waals surface area contributed by atoms with Crippen LogP contribution in [0.4, 0.5) is 0 Å². The maximum absolute atomic E-state index is 6.04. The standard InChI is InChI=1S/C26H27ClN2O/c1-19-9-14-25(20(2)17-19)30-16-6-5-15-29-24-8-4-3-7-23(24)28-26(29)18-21-10-12-22(27)13-11-21/h3-4,7-14,17H,5-6,15-16,18H2,1-2H3. The van der Waals surface area contributed by atoms with Crippen LogP contribution in [0, 0.1) is 13.8 Å². The van der Waals surface area contributed by atoms with Crippen molar-refractivity contribution >= 4 is 22.6 Å². The molecule has 0 fully saturated rings. The van der Waals surface area contributed by atoms with Crippen LogP contribution in [-0.2, 0) is 13.0 Å². The van der Waals surface area contributed by atoms with Crippen LogP contribution >= 0.6 is 11.6 Å². The molecule has 4 heteroatoms. The van der Waals surface area contributed by atoms with Crippen molar-refractivity contribution in [2.75, 3.05) is 6.61 Å². The second-order valence-electron chi connectivity index (χ2n) is 7.80. The van der Waals surface area contributed by atoms with E-state index in [2.05, 4.69) is 66.9 Å². The number of unbranched alkanes of at least 4 members (excludes halogenated alkanes) is 1. The molecule has 0 atom stereocenters. The van der Waals surface area contributed by atoms with Crippen molar-refractivity contribution < 1.29 is 4.74 Å². The van der Waals surface area contributed by atoms with E-state index in [4.69, 9.17) is 21.3 Å². The number of ether oxygens (including phenoxy) is 1. The van der Waals surface area contributed by atoms with Crippen LogP contribution in [0.2, 0.25) is 5.02 Å². The van der Waals surface area contributed by atoms with Gasteiger partial charge >= 0.3 is 0 Å². The number of hydrogen-bond donors (Lipinski definition) is 0. The number of hydrogen-bond acceptors (Lipinski definition) is 2. The Morgan fingerprint density at radius 2 is 1.73 bits per heavy atom. The molecule has 0 aliphatic heterocycles. The van der Waals surface area contributed by atoms with Gasteiger partial charge in [-0.05, 0) is 68.1 Å². The van der Waals surface area contributed by atoms with Crippen molar-refractivity contribution in [2.45, 2.75) is 39.7 Å². The highest BCUT2D eigenvalue weighted by Crippen LogP contribution is 2.21. The van der Waals surface area contributed by atoms with Gasteiger partial charge in [0.05, 0.1) is 17.6 Å². The highest BCUT2D eigenvalue weighted by molar-refractivity contribution is 6.30. The third-order valence-electron chi connectivity index (χ3n) is 5.37. The van der Waals surface area contributed by atoms with Gasteiger partial charge in [-0.15, -0.1) is 0 Å². The molecule has 0 unspecified atom stereocenters. The highest BCUT2D eigenvalue weighted by Gasteiger charge is 2.11. The fraction of sp³-hybridized carbons (Fsp3) is 0.269. The SMILES string of the molecule is Cc1ccc(OCCCCn2c(Cc3ccc(Cl)cc3)nc3ccccc32)c(C)c1. The first-order valence-electron chi connectivity index (χ1n) is 10.5. The predicted molar refractivity (Wildman–Crippen MR) is 125 cm³/mol. The van der Waals surface area contributed by atoms with Crippen LogP contribution in [-0.4, -0.2) is 16.2 Å². The predicted octanol–water partition coefficient (Wildman–Crippen LogP) is 6.76. The van der Waals surface area contributed by atoms with Crippen LogP contribution in [0.15, 0.2) is 66.7 Å². The Labute approximate surface area is 183 Å². The lowest BCUT2D eigenvalue weighted by Gasteiger charge is -2.12. The molecule has 0 amide bonds. The van der Waals surface area contributed by atoms with Crippen molar-refractivity contribution in [1.29, 1.82) is 0 Å². The summed E-state index contributed by atoms with van der Waals surface area (Å²) in [5.41, 5.74) is 5.92. The molecule has 0 saturated heterocycles. The first kappa shape index (κ1) is 20.5. The average Bonchev–Trinajstić information content (AvgIpc) is 3.08. The third kappa shape index (κ3) is 4.85. The minimum atomic E-state index is 0.725. The van der Waals surface area contributed by atoms with Gasteiger partial charge in [0.15, 0.2) is 0 Å². The molecular weight excluding hydrogens is 392 g/mol. The maximum Gasteiger partial charge on any atom is 0.122 e. The normalized spacial score (nSPS) is 11.2. The number of imidazole rings is 1. The molecule has 0 spiro atoms. The topological polar surface area (TPSA) is 27.1 Å². The summed E-state index contributed by atoms with van der Waals surface area (Å²) in [6, 6.07) is 22.7. The van der Waals surface area contributed by atoms with Gasteiger partial charge in [-0.1, -0.05) is 53.6 Å². The van der Waals surface area contributed by atoms with E-state index in [0.717, 1.165) is 54.5 Å². The molecule has 30 heavy (non-hydrogen) atoms. The number of aryl methyl sites for hydroxylation is 3. The largest absolute Gasteiger partial charge is 0.493 e. The van der Waals surface area contributed by atoms with Gasteiger partial charge in [0.2, 0.25) is 0 Å². The third-order valence-corrected chi connectivity index (χ3v) is 5.63. The lowest BCUT2D eigenvalue weighted by Crippen LogP contribution is -2.07. The summed E-state index contributed by atoms with van der Waals surface area (Å²) < 4.78 is 8.35. The van der Waals surface area contributed by atoms with E-state index < -0.39 is 0 Å². The molecule has 1 aromatic heterocycles. The zero-order valence-corrected chi connectivity index (χ0v) is 18.3. The molecule has 0 N–H and O–H groups in total. The minimum Gasteiger partial charge on any atom is -0.493 e. The van der Waals surface area contributed by atoms with Gasteiger partial charge in [0, 0.05) is 18.0 Å². The van der Waals surface area contributed by atoms with Crippen LogP contribution in [0.3, 0.4) is 0 Å². The molecule has 3 nitrogen and oxygen atoms in total. The molecule has 3 aromatic carbocycles. The van der Waals surface area contributed by atoms with Crippen LogP contribution < -0.4 is 4.74 Å². The molecule has 0 aliphatic carbocycles. The molecule has 4 rings (SSSR count). The lowest BCUT2D eigenvalue weighted by molar-refractivity contribution is 0.301. The zero-order valence-electron chi connectivity index (χ0n) is 17.6. The molecule has 0 aliphatic rings. The number of fused-ring (bicyclic) bond motifs is 1. The first-order valence-corrected chi connectivity index (χ1v) is 10.9. The molecule has 154 valence electrons. The van der Waals surface area contributed by atoms with Gasteiger partial charge in [-0.25, -0.2) is 4.98 Å². The van der Waals surface area contributed by atoms with Crippen molar-refractivity contribution in [2.24, 2.45) is 0 Å². The summed E-state index contributed by atoms with van der Waals surface area (Å²) in [6.45, 7) is 5.86. The van der Waals surface area contributed by atoms with E-state index in [-0.39, 0.29) is 0 Å². The summed E-state index contributed by atoms with van der Waals surface area (Å²) in [5, 5.41) is 0.760.